The Morgan fingerprint density at radius 1 is 1.33 bits per heavy atom. The monoisotopic (exact) mass is 205 g/mol. The molecule has 0 aromatic heterocycles. The van der Waals surface area contributed by atoms with Crippen LogP contribution in [0.5, 0.6) is 0 Å². The summed E-state index contributed by atoms with van der Waals surface area (Å²) in [6.45, 7) is 9.93. The second-order valence-electron chi connectivity index (χ2n) is 3.15. The van der Waals surface area contributed by atoms with Crippen molar-refractivity contribution in [1.29, 1.82) is 0 Å². The van der Waals surface area contributed by atoms with Gasteiger partial charge < -0.3 is 5.32 Å². The summed E-state index contributed by atoms with van der Waals surface area (Å²) in [4.78, 5) is 0. The number of rotatable bonds is 3. The zero-order valence-electron chi connectivity index (χ0n) is 9.96. The quantitative estimate of drug-likeness (QED) is 0.695. The molecule has 84 valence electrons. The van der Waals surface area contributed by atoms with Crippen molar-refractivity contribution in [3.63, 3.8) is 0 Å². The van der Waals surface area contributed by atoms with Crippen molar-refractivity contribution in [3.8, 4) is 0 Å². The highest BCUT2D eigenvalue weighted by molar-refractivity contribution is 5.49. The fraction of sp³-hybridized carbons (Fsp3) is 0.286. The Bertz CT molecular complexity index is 291. The van der Waals surface area contributed by atoms with Gasteiger partial charge in [0.05, 0.1) is 0 Å². The van der Waals surface area contributed by atoms with Crippen molar-refractivity contribution in [3.05, 3.63) is 54.8 Å². The maximum absolute atomic E-state index is 3.70. The summed E-state index contributed by atoms with van der Waals surface area (Å²) in [7, 11) is 0. The molecule has 0 unspecified atom stereocenters. The lowest BCUT2D eigenvalue weighted by Gasteiger charge is -2.05. The first-order valence-electron chi connectivity index (χ1n) is 5.39. The van der Waals surface area contributed by atoms with Gasteiger partial charge in [-0.3, -0.25) is 0 Å². The van der Waals surface area contributed by atoms with Crippen LogP contribution in [0, 0.1) is 0 Å². The second-order valence-corrected chi connectivity index (χ2v) is 3.15. The van der Waals surface area contributed by atoms with E-state index in [9.17, 15) is 0 Å². The minimum Gasteiger partial charge on any atom is -0.356 e. The summed E-state index contributed by atoms with van der Waals surface area (Å²) in [5.74, 6) is 0. The highest BCUT2D eigenvalue weighted by Gasteiger charge is 1.89. The van der Waals surface area contributed by atoms with Gasteiger partial charge in [0.1, 0.15) is 0 Å². The molecule has 15 heavy (non-hydrogen) atoms. The number of nitrogens with one attached hydrogen (secondary N) is 1. The Labute approximate surface area is 95.0 Å². The van der Waals surface area contributed by atoms with Gasteiger partial charge in [0.2, 0.25) is 0 Å². The molecular weight excluding hydrogens is 182 g/mol. The van der Waals surface area contributed by atoms with Crippen LogP contribution in [0.15, 0.2) is 54.8 Å². The average molecular weight is 205 g/mol. The van der Waals surface area contributed by atoms with Crippen molar-refractivity contribution in [2.75, 3.05) is 5.32 Å². The van der Waals surface area contributed by atoms with E-state index in [1.165, 1.54) is 6.42 Å². The van der Waals surface area contributed by atoms with E-state index < -0.39 is 0 Å². The Balaban J connectivity index is 0. The van der Waals surface area contributed by atoms with Crippen LogP contribution in [0.2, 0.25) is 0 Å². The van der Waals surface area contributed by atoms with Gasteiger partial charge in [0.15, 0.2) is 0 Å². The molecular formula is C14H23N. The molecule has 1 aromatic rings. The van der Waals surface area contributed by atoms with Crippen LogP contribution in [-0.2, 0) is 0 Å². The predicted octanol–water partition coefficient (Wildman–Crippen LogP) is 4.85. The number of benzene rings is 1. The van der Waals surface area contributed by atoms with Crippen LogP contribution < -0.4 is 5.32 Å². The Kier molecular flexibility index (Phi) is 8.16. The van der Waals surface area contributed by atoms with E-state index in [1.54, 1.807) is 6.08 Å². The first kappa shape index (κ1) is 13.5. The SMILES string of the molecule is C=C/C(=C\C)Nc1ccccc1.CCC.[HH]. The third kappa shape index (κ3) is 6.55. The minimum absolute atomic E-state index is 0. The molecule has 0 aliphatic rings. The van der Waals surface area contributed by atoms with Crippen LogP contribution in [0.4, 0.5) is 5.69 Å². The maximum Gasteiger partial charge on any atom is 0.0384 e. The largest absolute Gasteiger partial charge is 0.356 e. The zero-order valence-corrected chi connectivity index (χ0v) is 9.96. The molecule has 0 spiro atoms. The van der Waals surface area contributed by atoms with E-state index in [2.05, 4.69) is 25.7 Å². The summed E-state index contributed by atoms with van der Waals surface area (Å²) in [5.41, 5.74) is 2.12. The Morgan fingerprint density at radius 2 is 1.87 bits per heavy atom. The smallest absolute Gasteiger partial charge is 0.0384 e. The number of anilines is 1. The van der Waals surface area contributed by atoms with Crippen LogP contribution in [0.3, 0.4) is 0 Å². The van der Waals surface area contributed by atoms with E-state index in [-0.39, 0.29) is 1.43 Å². The predicted molar refractivity (Wildman–Crippen MR) is 72.1 cm³/mol. The molecule has 0 atom stereocenters. The van der Waals surface area contributed by atoms with Gasteiger partial charge in [-0.05, 0) is 25.1 Å². The van der Waals surface area contributed by atoms with E-state index in [1.807, 2.05) is 43.3 Å². The summed E-state index contributed by atoms with van der Waals surface area (Å²) >= 11 is 0. The lowest BCUT2D eigenvalue weighted by atomic mass is 10.3. The Hall–Kier alpha value is -1.50. The van der Waals surface area contributed by atoms with Gasteiger partial charge in [0, 0.05) is 12.8 Å². The molecule has 1 N–H and O–H groups in total. The molecule has 1 aromatic carbocycles. The molecule has 1 rings (SSSR count). The van der Waals surface area contributed by atoms with Crippen LogP contribution in [0.25, 0.3) is 0 Å². The summed E-state index contributed by atoms with van der Waals surface area (Å²) < 4.78 is 0. The fourth-order valence-electron chi connectivity index (χ4n) is 0.929. The van der Waals surface area contributed by atoms with E-state index in [4.69, 9.17) is 0 Å². The molecule has 0 fully saturated rings. The third-order valence-corrected chi connectivity index (χ3v) is 1.59. The zero-order chi connectivity index (χ0) is 11.5. The van der Waals surface area contributed by atoms with Crippen molar-refractivity contribution >= 4 is 5.69 Å². The molecule has 0 saturated carbocycles. The highest BCUT2D eigenvalue weighted by Crippen LogP contribution is 2.08. The normalized spacial score (nSPS) is 9.93. The number of allylic oxidation sites excluding steroid dienone is 2. The molecule has 0 bridgehead atoms. The van der Waals surface area contributed by atoms with E-state index in [0.717, 1.165) is 11.4 Å². The van der Waals surface area contributed by atoms with Crippen LogP contribution in [-0.4, -0.2) is 0 Å². The summed E-state index contributed by atoms with van der Waals surface area (Å²) in [6.07, 6.45) is 5.03. The summed E-state index contributed by atoms with van der Waals surface area (Å²) in [6, 6.07) is 10.0. The Morgan fingerprint density at radius 3 is 2.27 bits per heavy atom. The maximum atomic E-state index is 3.70. The van der Waals surface area contributed by atoms with Gasteiger partial charge in [-0.15, -0.1) is 0 Å². The highest BCUT2D eigenvalue weighted by atomic mass is 14.9. The molecule has 1 heteroatoms. The van der Waals surface area contributed by atoms with Gasteiger partial charge in [-0.2, -0.15) is 0 Å². The molecule has 1 nitrogen and oxygen atoms in total. The molecule has 0 radical (unpaired) electrons. The van der Waals surface area contributed by atoms with Gasteiger partial charge in [-0.25, -0.2) is 0 Å². The van der Waals surface area contributed by atoms with Crippen molar-refractivity contribution in [2.24, 2.45) is 0 Å². The molecule has 0 amide bonds. The number of hydrogen-bond acceptors (Lipinski definition) is 1. The van der Waals surface area contributed by atoms with Gasteiger partial charge in [0.25, 0.3) is 0 Å². The minimum atomic E-state index is 0. The van der Waals surface area contributed by atoms with Gasteiger partial charge >= 0.3 is 0 Å². The lowest BCUT2D eigenvalue weighted by Crippen LogP contribution is -1.94. The van der Waals surface area contributed by atoms with Gasteiger partial charge in [-0.1, -0.05) is 51.1 Å². The van der Waals surface area contributed by atoms with Crippen molar-refractivity contribution in [1.82, 2.24) is 0 Å². The van der Waals surface area contributed by atoms with Crippen molar-refractivity contribution in [2.45, 2.75) is 27.2 Å². The standard InChI is InChI=1S/C11H13N.C3H8.H2/c1-3-10(4-2)12-11-8-6-5-7-9-11;1-3-2;/h3-9,12H,1H2,2H3;3H2,1-2H3;1H/b10-4+;;. The van der Waals surface area contributed by atoms with E-state index in [0.29, 0.717) is 0 Å². The third-order valence-electron chi connectivity index (χ3n) is 1.59. The van der Waals surface area contributed by atoms with Crippen molar-refractivity contribution < 1.29 is 1.43 Å². The first-order chi connectivity index (χ1) is 7.28. The summed E-state index contributed by atoms with van der Waals surface area (Å²) in [5, 5.41) is 3.22. The first-order valence-corrected chi connectivity index (χ1v) is 5.39. The molecule has 0 aliphatic heterocycles. The molecule has 0 aliphatic carbocycles. The van der Waals surface area contributed by atoms with Crippen LogP contribution >= 0.6 is 0 Å². The molecule has 0 heterocycles. The fourth-order valence-corrected chi connectivity index (χ4v) is 0.929. The lowest BCUT2D eigenvalue weighted by molar-refractivity contribution is 1.09. The number of para-hydroxylation sites is 1. The number of hydrogen-bond donors (Lipinski definition) is 1. The second kappa shape index (κ2) is 9.07. The van der Waals surface area contributed by atoms with Crippen LogP contribution in [0.1, 0.15) is 28.6 Å². The topological polar surface area (TPSA) is 12.0 Å². The molecule has 0 saturated heterocycles. The average Bonchev–Trinajstić information content (AvgIpc) is 2.28. The van der Waals surface area contributed by atoms with E-state index >= 15 is 0 Å².